The fourth-order valence-electron chi connectivity index (χ4n) is 3.92. The third-order valence-electron chi connectivity index (χ3n) is 5.34. The quantitative estimate of drug-likeness (QED) is 0.357. The maximum atomic E-state index is 13.6. The minimum Gasteiger partial charge on any atom is -0.490 e. The molecule has 0 fully saturated rings. The second-order valence-corrected chi connectivity index (χ2v) is 8.83. The molecular weight excluding hydrogens is 482 g/mol. The summed E-state index contributed by atoms with van der Waals surface area (Å²) in [6, 6.07) is 7.77. The Morgan fingerprint density at radius 1 is 1.17 bits per heavy atom. The van der Waals surface area contributed by atoms with Crippen LogP contribution >= 0.6 is 11.3 Å². The first-order valence-corrected chi connectivity index (χ1v) is 12.2. The van der Waals surface area contributed by atoms with E-state index in [9.17, 15) is 14.4 Å². The van der Waals surface area contributed by atoms with Gasteiger partial charge in [-0.2, -0.15) is 0 Å². The molecule has 0 N–H and O–H groups in total. The summed E-state index contributed by atoms with van der Waals surface area (Å²) >= 11 is 1.23. The molecule has 3 heterocycles. The van der Waals surface area contributed by atoms with Crippen LogP contribution in [-0.2, 0) is 14.3 Å². The molecule has 9 nitrogen and oxygen atoms in total. The third-order valence-corrected chi connectivity index (χ3v) is 6.32. The Labute approximate surface area is 211 Å². The van der Waals surface area contributed by atoms with E-state index >= 15 is 0 Å². The number of thiazole rings is 1. The summed E-state index contributed by atoms with van der Waals surface area (Å²) in [4.78, 5) is 47.4. The lowest BCUT2D eigenvalue weighted by Crippen LogP contribution is -2.40. The van der Waals surface area contributed by atoms with E-state index in [0.29, 0.717) is 33.0 Å². The van der Waals surface area contributed by atoms with Crippen molar-refractivity contribution in [1.29, 1.82) is 0 Å². The molecule has 2 aromatic heterocycles. The van der Waals surface area contributed by atoms with Crippen molar-refractivity contribution in [3.05, 3.63) is 84.8 Å². The normalized spacial score (nSPS) is 15.2. The van der Waals surface area contributed by atoms with Gasteiger partial charge in [0.05, 0.1) is 35.1 Å². The average molecular weight is 508 g/mol. The molecule has 1 atom stereocenters. The van der Waals surface area contributed by atoms with Crippen LogP contribution in [0.3, 0.4) is 0 Å². The van der Waals surface area contributed by atoms with Gasteiger partial charge in [0.25, 0.3) is 5.56 Å². The van der Waals surface area contributed by atoms with Crippen molar-refractivity contribution < 1.29 is 23.8 Å². The van der Waals surface area contributed by atoms with Gasteiger partial charge < -0.3 is 14.2 Å². The molecule has 0 bridgehead atoms. The van der Waals surface area contributed by atoms with Crippen LogP contribution in [0, 0.1) is 0 Å². The molecule has 1 aromatic carbocycles. The number of rotatable bonds is 7. The number of hydrogen-bond acceptors (Lipinski definition) is 9. The van der Waals surface area contributed by atoms with E-state index in [0.717, 1.165) is 5.56 Å². The van der Waals surface area contributed by atoms with Crippen molar-refractivity contribution in [3.8, 4) is 11.5 Å². The fraction of sp³-hybridized carbons (Fsp3) is 0.269. The van der Waals surface area contributed by atoms with Crippen LogP contribution < -0.4 is 24.4 Å². The number of pyridine rings is 1. The molecule has 0 spiro atoms. The molecule has 0 radical (unpaired) electrons. The average Bonchev–Trinajstić information content (AvgIpc) is 3.14. The van der Waals surface area contributed by atoms with Gasteiger partial charge in [-0.1, -0.05) is 23.5 Å². The molecule has 3 aromatic rings. The van der Waals surface area contributed by atoms with Gasteiger partial charge in [-0.05, 0) is 56.2 Å². The van der Waals surface area contributed by atoms with Crippen LogP contribution in [0.2, 0.25) is 0 Å². The Hall–Kier alpha value is -4.05. The SMILES string of the molecule is CCOC(=O)C1=C(C)N=c2sc(=Cc3cccnc3)c(=O)n2C1c1ccc(OC(C)=O)c(OCC)c1. The number of hydrogen-bond donors (Lipinski definition) is 0. The van der Waals surface area contributed by atoms with Gasteiger partial charge in [0, 0.05) is 19.3 Å². The lowest BCUT2D eigenvalue weighted by molar-refractivity contribution is -0.139. The Morgan fingerprint density at radius 2 is 1.97 bits per heavy atom. The van der Waals surface area contributed by atoms with Crippen molar-refractivity contribution in [2.24, 2.45) is 4.99 Å². The van der Waals surface area contributed by atoms with Crippen LogP contribution in [0.4, 0.5) is 0 Å². The van der Waals surface area contributed by atoms with Gasteiger partial charge in [-0.15, -0.1) is 0 Å². The van der Waals surface area contributed by atoms with E-state index in [2.05, 4.69) is 9.98 Å². The molecule has 4 rings (SSSR count). The minimum atomic E-state index is -0.818. The zero-order chi connectivity index (χ0) is 25.8. The first kappa shape index (κ1) is 25.1. The van der Waals surface area contributed by atoms with E-state index in [-0.39, 0.29) is 23.5 Å². The molecule has 1 aliphatic heterocycles. The number of ether oxygens (including phenoxy) is 3. The van der Waals surface area contributed by atoms with Gasteiger partial charge in [0.2, 0.25) is 0 Å². The number of allylic oxidation sites excluding steroid dienone is 1. The molecule has 1 unspecified atom stereocenters. The molecule has 36 heavy (non-hydrogen) atoms. The highest BCUT2D eigenvalue weighted by molar-refractivity contribution is 7.07. The van der Waals surface area contributed by atoms with Crippen molar-refractivity contribution in [2.45, 2.75) is 33.7 Å². The maximum Gasteiger partial charge on any atom is 0.338 e. The molecule has 0 saturated heterocycles. The van der Waals surface area contributed by atoms with Gasteiger partial charge >= 0.3 is 11.9 Å². The number of nitrogens with zero attached hydrogens (tertiary/aromatic N) is 3. The predicted octanol–water partition coefficient (Wildman–Crippen LogP) is 2.52. The Morgan fingerprint density at radius 3 is 2.64 bits per heavy atom. The van der Waals surface area contributed by atoms with Crippen molar-refractivity contribution in [1.82, 2.24) is 9.55 Å². The van der Waals surface area contributed by atoms with Crippen molar-refractivity contribution >= 4 is 29.4 Å². The number of aromatic nitrogens is 2. The third kappa shape index (κ3) is 4.99. The van der Waals surface area contributed by atoms with E-state index < -0.39 is 18.0 Å². The van der Waals surface area contributed by atoms with Crippen LogP contribution in [0.1, 0.15) is 44.9 Å². The number of benzene rings is 1. The Balaban J connectivity index is 1.95. The molecule has 0 amide bonds. The van der Waals surface area contributed by atoms with Crippen LogP contribution in [0.25, 0.3) is 6.08 Å². The second-order valence-electron chi connectivity index (χ2n) is 7.82. The highest BCUT2D eigenvalue weighted by Gasteiger charge is 2.34. The molecule has 10 heteroatoms. The lowest BCUT2D eigenvalue weighted by atomic mass is 9.95. The summed E-state index contributed by atoms with van der Waals surface area (Å²) < 4.78 is 18.3. The first-order chi connectivity index (χ1) is 17.3. The van der Waals surface area contributed by atoms with Crippen molar-refractivity contribution in [3.63, 3.8) is 0 Å². The van der Waals surface area contributed by atoms with Gasteiger partial charge in [-0.3, -0.25) is 19.1 Å². The number of carbonyl (C=O) groups is 2. The monoisotopic (exact) mass is 507 g/mol. The number of esters is 2. The van der Waals surface area contributed by atoms with Gasteiger partial charge in [0.1, 0.15) is 0 Å². The Bertz CT molecular complexity index is 1520. The highest BCUT2D eigenvalue weighted by Crippen LogP contribution is 2.36. The zero-order valence-electron chi connectivity index (χ0n) is 20.3. The van der Waals surface area contributed by atoms with E-state index in [1.807, 2.05) is 6.07 Å². The summed E-state index contributed by atoms with van der Waals surface area (Å²) in [6.07, 6.45) is 5.06. The molecule has 0 aliphatic carbocycles. The summed E-state index contributed by atoms with van der Waals surface area (Å²) in [7, 11) is 0. The van der Waals surface area contributed by atoms with Crippen LogP contribution in [0.15, 0.2) is 63.8 Å². The summed E-state index contributed by atoms with van der Waals surface area (Å²) in [5, 5.41) is 0. The smallest absolute Gasteiger partial charge is 0.338 e. The van der Waals surface area contributed by atoms with Crippen LogP contribution in [0.5, 0.6) is 11.5 Å². The summed E-state index contributed by atoms with van der Waals surface area (Å²) in [5.74, 6) is -0.488. The van der Waals surface area contributed by atoms with E-state index in [1.54, 1.807) is 63.5 Å². The largest absolute Gasteiger partial charge is 0.490 e. The first-order valence-electron chi connectivity index (χ1n) is 11.4. The lowest BCUT2D eigenvalue weighted by Gasteiger charge is -2.25. The van der Waals surface area contributed by atoms with Gasteiger partial charge in [0.15, 0.2) is 16.3 Å². The fourth-order valence-corrected chi connectivity index (χ4v) is 4.97. The Kier molecular flexibility index (Phi) is 7.44. The minimum absolute atomic E-state index is 0.170. The van der Waals surface area contributed by atoms with Crippen LogP contribution in [-0.4, -0.2) is 34.7 Å². The zero-order valence-corrected chi connectivity index (χ0v) is 21.1. The molecule has 1 aliphatic rings. The maximum absolute atomic E-state index is 13.6. The predicted molar refractivity (Wildman–Crippen MR) is 134 cm³/mol. The van der Waals surface area contributed by atoms with Crippen molar-refractivity contribution in [2.75, 3.05) is 13.2 Å². The topological polar surface area (TPSA) is 109 Å². The number of carbonyl (C=O) groups excluding carboxylic acids is 2. The second kappa shape index (κ2) is 10.7. The standard InChI is InChI=1S/C26H25N3O6S/c1-5-33-20-13-18(9-10-19(20)35-16(4)30)23-22(25(32)34-6-2)15(3)28-26-29(23)24(31)21(36-26)12-17-8-7-11-27-14-17/h7-14,23H,5-6H2,1-4H3. The summed E-state index contributed by atoms with van der Waals surface area (Å²) in [5.41, 5.74) is 1.75. The highest BCUT2D eigenvalue weighted by atomic mass is 32.1. The molecular formula is C26H25N3O6S. The summed E-state index contributed by atoms with van der Waals surface area (Å²) in [6.45, 7) is 7.03. The van der Waals surface area contributed by atoms with E-state index in [4.69, 9.17) is 14.2 Å². The molecule has 0 saturated carbocycles. The number of fused-ring (bicyclic) bond motifs is 1. The van der Waals surface area contributed by atoms with E-state index in [1.165, 1.54) is 22.8 Å². The van der Waals surface area contributed by atoms with Gasteiger partial charge in [-0.25, -0.2) is 9.79 Å². The molecule has 186 valence electrons.